The van der Waals surface area contributed by atoms with Crippen LogP contribution in [0.2, 0.25) is 0 Å². The predicted molar refractivity (Wildman–Crippen MR) is 79.0 cm³/mol. The summed E-state index contributed by atoms with van der Waals surface area (Å²) in [4.78, 5) is 0. The average molecular weight is 335 g/mol. The van der Waals surface area contributed by atoms with Crippen molar-refractivity contribution in [3.8, 4) is 0 Å². The monoisotopic (exact) mass is 333 g/mol. The molecule has 0 aromatic carbocycles. The fourth-order valence-electron chi connectivity index (χ4n) is 2.76. The zero-order valence-electron chi connectivity index (χ0n) is 11.0. The van der Waals surface area contributed by atoms with Crippen LogP contribution in [0, 0.1) is 12.8 Å². The molecule has 1 aromatic rings. The Morgan fingerprint density at radius 1 is 1.44 bits per heavy atom. The molecule has 1 fully saturated rings. The lowest BCUT2D eigenvalue weighted by Gasteiger charge is -2.31. The van der Waals surface area contributed by atoms with E-state index in [0.717, 1.165) is 22.6 Å². The van der Waals surface area contributed by atoms with Gasteiger partial charge in [-0.25, -0.2) is 0 Å². The molecule has 2 atom stereocenters. The van der Waals surface area contributed by atoms with E-state index in [1.807, 2.05) is 18.7 Å². The number of hydrogen-bond acceptors (Lipinski definition) is 2. The Morgan fingerprint density at radius 3 is 2.78 bits per heavy atom. The second-order valence-corrected chi connectivity index (χ2v) is 6.26. The SMILES string of the molecule is Cc1nn(C)c(CNC2CCCCC2CCl)c1Br. The third kappa shape index (κ3) is 3.09. The molecule has 0 saturated heterocycles. The second kappa shape index (κ2) is 6.40. The highest BCUT2D eigenvalue weighted by Crippen LogP contribution is 2.26. The Morgan fingerprint density at radius 2 is 2.17 bits per heavy atom. The molecule has 0 bridgehead atoms. The van der Waals surface area contributed by atoms with Crippen LogP contribution in [0.5, 0.6) is 0 Å². The summed E-state index contributed by atoms with van der Waals surface area (Å²) in [5, 5.41) is 8.08. The van der Waals surface area contributed by atoms with Gasteiger partial charge in [-0.15, -0.1) is 11.6 Å². The van der Waals surface area contributed by atoms with Crippen molar-refractivity contribution in [2.24, 2.45) is 13.0 Å². The lowest BCUT2D eigenvalue weighted by Crippen LogP contribution is -2.39. The maximum atomic E-state index is 6.06. The fourth-order valence-corrected chi connectivity index (χ4v) is 3.61. The number of rotatable bonds is 4. The number of halogens is 2. The van der Waals surface area contributed by atoms with Gasteiger partial charge in [0.2, 0.25) is 0 Å². The first-order valence-electron chi connectivity index (χ1n) is 6.60. The second-order valence-electron chi connectivity index (χ2n) is 5.16. The Kier molecular flexibility index (Phi) is 5.10. The Labute approximate surface area is 122 Å². The van der Waals surface area contributed by atoms with Crippen molar-refractivity contribution in [1.82, 2.24) is 15.1 Å². The highest BCUT2D eigenvalue weighted by atomic mass is 79.9. The van der Waals surface area contributed by atoms with Gasteiger partial charge < -0.3 is 5.32 Å². The van der Waals surface area contributed by atoms with Gasteiger partial charge in [0.05, 0.1) is 15.9 Å². The Balaban J connectivity index is 1.98. The normalized spacial score (nSPS) is 24.4. The molecule has 5 heteroatoms. The van der Waals surface area contributed by atoms with Crippen molar-refractivity contribution >= 4 is 27.5 Å². The molecule has 3 nitrogen and oxygen atoms in total. The van der Waals surface area contributed by atoms with E-state index in [2.05, 4.69) is 26.3 Å². The van der Waals surface area contributed by atoms with Gasteiger partial charge in [0.15, 0.2) is 0 Å². The van der Waals surface area contributed by atoms with Gasteiger partial charge in [-0.1, -0.05) is 12.8 Å². The minimum absolute atomic E-state index is 0.554. The summed E-state index contributed by atoms with van der Waals surface area (Å²) in [6.07, 6.45) is 5.14. The van der Waals surface area contributed by atoms with Crippen LogP contribution in [0.15, 0.2) is 4.47 Å². The molecule has 2 rings (SSSR count). The maximum absolute atomic E-state index is 6.06. The largest absolute Gasteiger partial charge is 0.308 e. The minimum Gasteiger partial charge on any atom is -0.308 e. The number of hydrogen-bond donors (Lipinski definition) is 1. The number of nitrogens with zero attached hydrogens (tertiary/aromatic N) is 2. The highest BCUT2D eigenvalue weighted by Gasteiger charge is 2.24. The van der Waals surface area contributed by atoms with Crippen LogP contribution in [-0.4, -0.2) is 21.7 Å². The fraction of sp³-hybridized carbons (Fsp3) is 0.769. The number of alkyl halides is 1. The summed E-state index contributed by atoms with van der Waals surface area (Å²) in [5.74, 6) is 1.39. The van der Waals surface area contributed by atoms with Crippen molar-refractivity contribution in [2.45, 2.75) is 45.2 Å². The molecule has 0 spiro atoms. The molecule has 18 heavy (non-hydrogen) atoms. The molecular formula is C13H21BrClN3. The summed E-state index contributed by atoms with van der Waals surface area (Å²) in [7, 11) is 1.99. The van der Waals surface area contributed by atoms with E-state index < -0.39 is 0 Å². The van der Waals surface area contributed by atoms with Crippen molar-refractivity contribution in [3.05, 3.63) is 15.9 Å². The molecule has 102 valence electrons. The molecule has 0 amide bonds. The van der Waals surface area contributed by atoms with E-state index in [1.54, 1.807) is 0 Å². The molecular weight excluding hydrogens is 314 g/mol. The van der Waals surface area contributed by atoms with E-state index in [-0.39, 0.29) is 0 Å². The summed E-state index contributed by atoms with van der Waals surface area (Å²) in [5.41, 5.74) is 2.26. The highest BCUT2D eigenvalue weighted by molar-refractivity contribution is 9.10. The first-order chi connectivity index (χ1) is 8.63. The van der Waals surface area contributed by atoms with Crippen LogP contribution < -0.4 is 5.32 Å². The van der Waals surface area contributed by atoms with Crippen LogP contribution in [0.25, 0.3) is 0 Å². The lowest BCUT2D eigenvalue weighted by molar-refractivity contribution is 0.280. The molecule has 0 aliphatic heterocycles. The van der Waals surface area contributed by atoms with E-state index in [4.69, 9.17) is 11.6 Å². The quantitative estimate of drug-likeness (QED) is 0.856. The van der Waals surface area contributed by atoms with Gasteiger partial charge >= 0.3 is 0 Å². The first kappa shape index (κ1) is 14.4. The van der Waals surface area contributed by atoms with E-state index in [0.29, 0.717) is 12.0 Å². The molecule has 1 aliphatic carbocycles. The zero-order chi connectivity index (χ0) is 13.1. The van der Waals surface area contributed by atoms with Crippen LogP contribution >= 0.6 is 27.5 Å². The van der Waals surface area contributed by atoms with Crippen molar-refractivity contribution < 1.29 is 0 Å². The van der Waals surface area contributed by atoms with Gasteiger partial charge in [0.25, 0.3) is 0 Å². The van der Waals surface area contributed by atoms with E-state index >= 15 is 0 Å². The Hall–Kier alpha value is -0.0600. The third-order valence-electron chi connectivity index (χ3n) is 3.90. The van der Waals surface area contributed by atoms with Gasteiger partial charge in [0, 0.05) is 25.5 Å². The Bertz CT molecular complexity index is 405. The smallest absolute Gasteiger partial charge is 0.0739 e. The summed E-state index contributed by atoms with van der Waals surface area (Å²) < 4.78 is 3.07. The maximum Gasteiger partial charge on any atom is 0.0739 e. The lowest BCUT2D eigenvalue weighted by atomic mass is 9.86. The standard InChI is InChI=1S/C13H21BrClN3/c1-9-13(14)12(18(2)17-9)8-16-11-6-4-3-5-10(11)7-15/h10-11,16H,3-8H2,1-2H3. The summed E-state index contributed by atoms with van der Waals surface area (Å²) in [6.45, 7) is 2.88. The first-order valence-corrected chi connectivity index (χ1v) is 7.93. The predicted octanol–water partition coefficient (Wildman–Crippen LogP) is 3.38. The topological polar surface area (TPSA) is 29.9 Å². The van der Waals surface area contributed by atoms with Crippen LogP contribution in [0.1, 0.15) is 37.1 Å². The van der Waals surface area contributed by atoms with Gasteiger partial charge in [-0.05, 0) is 41.6 Å². The molecule has 1 aromatic heterocycles. The minimum atomic E-state index is 0.554. The van der Waals surface area contributed by atoms with Crippen LogP contribution in [0.3, 0.4) is 0 Å². The van der Waals surface area contributed by atoms with Gasteiger partial charge in [0.1, 0.15) is 0 Å². The molecule has 1 aliphatic rings. The molecule has 0 radical (unpaired) electrons. The summed E-state index contributed by atoms with van der Waals surface area (Å²) in [6, 6.07) is 0.554. The van der Waals surface area contributed by atoms with E-state index in [9.17, 15) is 0 Å². The van der Waals surface area contributed by atoms with Crippen LogP contribution in [-0.2, 0) is 13.6 Å². The van der Waals surface area contributed by atoms with Crippen molar-refractivity contribution in [2.75, 3.05) is 5.88 Å². The number of aryl methyl sites for hydroxylation is 2. The van der Waals surface area contributed by atoms with Crippen molar-refractivity contribution in [1.29, 1.82) is 0 Å². The zero-order valence-corrected chi connectivity index (χ0v) is 13.4. The average Bonchev–Trinajstić information content (AvgIpc) is 2.62. The molecule has 1 saturated carbocycles. The van der Waals surface area contributed by atoms with Gasteiger partial charge in [-0.3, -0.25) is 4.68 Å². The number of aromatic nitrogens is 2. The van der Waals surface area contributed by atoms with E-state index in [1.165, 1.54) is 31.4 Å². The summed E-state index contributed by atoms with van der Waals surface area (Å²) >= 11 is 9.67. The molecule has 1 N–H and O–H groups in total. The molecule has 2 unspecified atom stereocenters. The van der Waals surface area contributed by atoms with Gasteiger partial charge in [-0.2, -0.15) is 5.10 Å². The van der Waals surface area contributed by atoms with Crippen LogP contribution in [0.4, 0.5) is 0 Å². The third-order valence-corrected chi connectivity index (χ3v) is 5.33. The molecule has 1 heterocycles. The van der Waals surface area contributed by atoms with Crippen molar-refractivity contribution in [3.63, 3.8) is 0 Å². The number of nitrogens with one attached hydrogen (secondary N) is 1.